The second-order valence-electron chi connectivity index (χ2n) is 11.3. The van der Waals surface area contributed by atoms with Crippen molar-refractivity contribution in [2.75, 3.05) is 20.2 Å². The summed E-state index contributed by atoms with van der Waals surface area (Å²) >= 11 is 0. The number of carbonyl (C=O) groups is 4. The number of carbonyl (C=O) groups excluding carboxylic acids is 4. The lowest BCUT2D eigenvalue weighted by Crippen LogP contribution is -2.59. The van der Waals surface area contributed by atoms with E-state index < -0.39 is 29.6 Å². The highest BCUT2D eigenvalue weighted by Crippen LogP contribution is 2.54. The van der Waals surface area contributed by atoms with E-state index in [1.54, 1.807) is 4.90 Å². The van der Waals surface area contributed by atoms with Crippen LogP contribution >= 0.6 is 0 Å². The van der Waals surface area contributed by atoms with Gasteiger partial charge in [-0.1, -0.05) is 32.9 Å². The number of nitriles is 1. The van der Waals surface area contributed by atoms with Crippen LogP contribution in [0.25, 0.3) is 0 Å². The Kier molecular flexibility index (Phi) is 6.80. The molecule has 0 spiro atoms. The first-order valence-electron chi connectivity index (χ1n) is 12.4. The van der Waals surface area contributed by atoms with E-state index in [1.165, 1.54) is 7.11 Å². The van der Waals surface area contributed by atoms with Crippen LogP contribution in [0.2, 0.25) is 0 Å². The predicted molar refractivity (Wildman–Crippen MR) is 125 cm³/mol. The molecule has 1 saturated carbocycles. The minimum absolute atomic E-state index is 0.0400. The van der Waals surface area contributed by atoms with Gasteiger partial charge in [0, 0.05) is 19.0 Å². The van der Waals surface area contributed by atoms with Gasteiger partial charge in [0.1, 0.15) is 18.1 Å². The number of methoxy groups -OCH3 is 1. The van der Waals surface area contributed by atoms with Gasteiger partial charge in [-0.05, 0) is 48.3 Å². The molecule has 3 N–H and O–H groups in total. The molecule has 4 rings (SSSR count). The Labute approximate surface area is 205 Å². The first kappa shape index (κ1) is 25.0. The van der Waals surface area contributed by atoms with Crippen molar-refractivity contribution in [2.24, 2.45) is 35.0 Å². The van der Waals surface area contributed by atoms with E-state index in [0.29, 0.717) is 25.4 Å². The van der Waals surface area contributed by atoms with Gasteiger partial charge in [0.05, 0.1) is 13.2 Å². The summed E-state index contributed by atoms with van der Waals surface area (Å²) in [6, 6.07) is -0.337. The van der Waals surface area contributed by atoms with E-state index in [0.717, 1.165) is 6.42 Å². The number of allylic oxidation sites excluding steroid dienone is 2. The zero-order valence-electron chi connectivity index (χ0n) is 20.7. The summed E-state index contributed by atoms with van der Waals surface area (Å²) in [5.74, 6) is -0.490. The van der Waals surface area contributed by atoms with Gasteiger partial charge in [-0.25, -0.2) is 4.79 Å². The SMILES string of the molecule is COC(=O)NC(C(=O)N1CC2C3C=CC(C3)C2C1C(=O)NC(C#N)CC1CCNC1=O)C(C)(C)C. The van der Waals surface area contributed by atoms with E-state index in [-0.39, 0.29) is 47.8 Å². The quantitative estimate of drug-likeness (QED) is 0.478. The molecule has 35 heavy (non-hydrogen) atoms. The van der Waals surface area contributed by atoms with Crippen LogP contribution < -0.4 is 16.0 Å². The van der Waals surface area contributed by atoms with Crippen molar-refractivity contribution in [3.63, 3.8) is 0 Å². The minimum atomic E-state index is -0.886. The fraction of sp³-hybridized carbons (Fsp3) is 0.720. The van der Waals surface area contributed by atoms with Crippen LogP contribution in [-0.4, -0.2) is 67.0 Å². The molecule has 8 atom stereocenters. The van der Waals surface area contributed by atoms with E-state index in [2.05, 4.69) is 34.2 Å². The molecule has 3 fully saturated rings. The summed E-state index contributed by atoms with van der Waals surface area (Å²) in [6.45, 7) is 6.54. The normalized spacial score (nSPS) is 32.4. The molecule has 0 aromatic rings. The molecule has 0 aromatic carbocycles. The van der Waals surface area contributed by atoms with Crippen LogP contribution in [0, 0.1) is 46.3 Å². The van der Waals surface area contributed by atoms with Crippen molar-refractivity contribution in [1.29, 1.82) is 5.26 Å². The number of nitrogens with zero attached hydrogens (tertiary/aromatic N) is 2. The second-order valence-corrected chi connectivity index (χ2v) is 11.3. The number of likely N-dealkylation sites (tertiary alicyclic amines) is 1. The van der Waals surface area contributed by atoms with Crippen LogP contribution in [-0.2, 0) is 19.1 Å². The smallest absolute Gasteiger partial charge is 0.407 e. The average molecular weight is 486 g/mol. The van der Waals surface area contributed by atoms with Crippen molar-refractivity contribution in [1.82, 2.24) is 20.9 Å². The molecule has 190 valence electrons. The molecule has 2 saturated heterocycles. The Morgan fingerprint density at radius 3 is 2.57 bits per heavy atom. The lowest BCUT2D eigenvalue weighted by atomic mass is 9.81. The maximum atomic E-state index is 13.8. The molecule has 10 heteroatoms. The van der Waals surface area contributed by atoms with Crippen LogP contribution in [0.4, 0.5) is 4.79 Å². The molecule has 0 aromatic heterocycles. The lowest BCUT2D eigenvalue weighted by Gasteiger charge is -2.36. The van der Waals surface area contributed by atoms with Crippen molar-refractivity contribution >= 4 is 23.8 Å². The Morgan fingerprint density at radius 2 is 1.97 bits per heavy atom. The van der Waals surface area contributed by atoms with Crippen LogP contribution in [0.15, 0.2) is 12.2 Å². The van der Waals surface area contributed by atoms with E-state index in [4.69, 9.17) is 4.74 Å². The topological polar surface area (TPSA) is 141 Å². The Morgan fingerprint density at radius 1 is 1.26 bits per heavy atom. The van der Waals surface area contributed by atoms with Gasteiger partial charge in [0.15, 0.2) is 0 Å². The van der Waals surface area contributed by atoms with Crippen molar-refractivity contribution in [2.45, 2.75) is 58.2 Å². The van der Waals surface area contributed by atoms with Crippen LogP contribution in [0.3, 0.4) is 0 Å². The molecule has 0 radical (unpaired) electrons. The lowest BCUT2D eigenvalue weighted by molar-refractivity contribution is -0.143. The van der Waals surface area contributed by atoms with Crippen LogP contribution in [0.5, 0.6) is 0 Å². The standard InChI is InChI=1S/C25H35N5O5/c1-25(2,3)20(29-24(34)35-4)23(33)30-12-17-13-5-6-14(9-13)18(17)19(30)22(32)28-16(11-26)10-15-7-8-27-21(15)31/h5-6,13-20H,7-10,12H2,1-4H3,(H,27,31)(H,28,32)(H,29,34). The zero-order chi connectivity index (χ0) is 25.5. The number of alkyl carbamates (subject to hydrolysis) is 1. The van der Waals surface area contributed by atoms with Gasteiger partial charge in [-0.3, -0.25) is 14.4 Å². The number of hydrogen-bond donors (Lipinski definition) is 3. The molecule has 2 aliphatic heterocycles. The largest absolute Gasteiger partial charge is 0.453 e. The molecular weight excluding hydrogens is 450 g/mol. The predicted octanol–water partition coefficient (Wildman–Crippen LogP) is 0.941. The summed E-state index contributed by atoms with van der Waals surface area (Å²) in [7, 11) is 1.24. The molecule has 2 aliphatic carbocycles. The summed E-state index contributed by atoms with van der Waals surface area (Å²) in [5, 5.41) is 18.0. The number of fused-ring (bicyclic) bond motifs is 5. The zero-order valence-corrected chi connectivity index (χ0v) is 20.7. The average Bonchev–Trinajstić information content (AvgIpc) is 3.58. The summed E-state index contributed by atoms with van der Waals surface area (Å²) < 4.78 is 4.74. The molecule has 2 bridgehead atoms. The molecule has 4 aliphatic rings. The first-order chi connectivity index (χ1) is 16.5. The molecule has 2 heterocycles. The fourth-order valence-corrected chi connectivity index (χ4v) is 6.33. The first-order valence-corrected chi connectivity index (χ1v) is 12.4. The van der Waals surface area contributed by atoms with Crippen molar-refractivity contribution in [3.05, 3.63) is 12.2 Å². The molecular formula is C25H35N5O5. The second kappa shape index (κ2) is 9.51. The van der Waals surface area contributed by atoms with E-state index in [1.807, 2.05) is 20.8 Å². The minimum Gasteiger partial charge on any atom is -0.453 e. The van der Waals surface area contributed by atoms with E-state index >= 15 is 0 Å². The van der Waals surface area contributed by atoms with Gasteiger partial charge in [0.25, 0.3) is 0 Å². The maximum absolute atomic E-state index is 13.8. The highest BCUT2D eigenvalue weighted by molar-refractivity contribution is 5.93. The number of nitrogens with one attached hydrogen (secondary N) is 3. The molecule has 4 amide bonds. The third kappa shape index (κ3) is 4.73. The molecule has 8 unspecified atom stereocenters. The van der Waals surface area contributed by atoms with E-state index in [9.17, 15) is 24.4 Å². The number of rotatable bonds is 6. The Hall–Kier alpha value is -3.09. The maximum Gasteiger partial charge on any atom is 0.407 e. The Bertz CT molecular complexity index is 966. The summed E-state index contributed by atoms with van der Waals surface area (Å²) in [4.78, 5) is 53.1. The monoisotopic (exact) mass is 485 g/mol. The number of hydrogen-bond acceptors (Lipinski definition) is 6. The van der Waals surface area contributed by atoms with Crippen molar-refractivity contribution < 1.29 is 23.9 Å². The highest BCUT2D eigenvalue weighted by atomic mass is 16.5. The van der Waals surface area contributed by atoms with Gasteiger partial charge < -0.3 is 25.6 Å². The van der Waals surface area contributed by atoms with Gasteiger partial charge in [-0.2, -0.15) is 5.26 Å². The third-order valence-electron chi connectivity index (χ3n) is 8.06. The van der Waals surface area contributed by atoms with Gasteiger partial charge in [0.2, 0.25) is 17.7 Å². The number of ether oxygens (including phenoxy) is 1. The van der Waals surface area contributed by atoms with Gasteiger partial charge in [-0.15, -0.1) is 0 Å². The molecule has 10 nitrogen and oxygen atoms in total. The van der Waals surface area contributed by atoms with Crippen molar-refractivity contribution in [3.8, 4) is 6.07 Å². The Balaban J connectivity index is 1.57. The van der Waals surface area contributed by atoms with Gasteiger partial charge >= 0.3 is 6.09 Å². The highest BCUT2D eigenvalue weighted by Gasteiger charge is 2.59. The summed E-state index contributed by atoms with van der Waals surface area (Å²) in [6.07, 6.45) is 5.45. The summed E-state index contributed by atoms with van der Waals surface area (Å²) in [5.41, 5.74) is -0.619. The fourth-order valence-electron chi connectivity index (χ4n) is 6.33. The van der Waals surface area contributed by atoms with Crippen LogP contribution in [0.1, 0.15) is 40.0 Å². The number of amides is 4. The third-order valence-corrected chi connectivity index (χ3v) is 8.06.